The first kappa shape index (κ1) is 27.0. The van der Waals surface area contributed by atoms with Gasteiger partial charge in [0.15, 0.2) is 17.5 Å². The second kappa shape index (κ2) is 14.8. The Labute approximate surface area is 210 Å². The molecule has 0 radical (unpaired) electrons. The maximum atomic E-state index is 6.15. The van der Waals surface area contributed by atoms with Crippen LogP contribution in [0.4, 0.5) is 0 Å². The van der Waals surface area contributed by atoms with Crippen molar-refractivity contribution in [3.05, 3.63) is 24.3 Å². The largest absolute Gasteiger partial charge is 0.493 e. The number of nitrogens with one attached hydrogen (secondary N) is 1. The lowest BCUT2D eigenvalue weighted by Crippen LogP contribution is -2.47. The van der Waals surface area contributed by atoms with Crippen molar-refractivity contribution in [1.82, 2.24) is 10.2 Å². The fourth-order valence-corrected chi connectivity index (χ4v) is 4.03. The molecule has 2 atom stereocenters. The van der Waals surface area contributed by atoms with E-state index in [0.717, 1.165) is 69.6 Å². The maximum absolute atomic E-state index is 6.15. The SMILES string of the molecule is CCNC(=NCC(C)Oc1ccccc1OC)N1CCC(OCC2CCCCO2)CC1.I. The summed E-state index contributed by atoms with van der Waals surface area (Å²) in [6, 6.07) is 7.72. The highest BCUT2D eigenvalue weighted by atomic mass is 127. The van der Waals surface area contributed by atoms with Crippen LogP contribution >= 0.6 is 24.0 Å². The van der Waals surface area contributed by atoms with Crippen LogP contribution in [-0.2, 0) is 9.47 Å². The molecule has 0 aromatic heterocycles. The Balaban J connectivity index is 0.00000363. The van der Waals surface area contributed by atoms with E-state index in [-0.39, 0.29) is 36.2 Å². The van der Waals surface area contributed by atoms with Crippen molar-refractivity contribution in [2.45, 2.75) is 64.3 Å². The molecular weight excluding hydrogens is 521 g/mol. The number of benzene rings is 1. The minimum Gasteiger partial charge on any atom is -0.493 e. The first-order valence-corrected chi connectivity index (χ1v) is 11.8. The summed E-state index contributed by atoms with van der Waals surface area (Å²) in [5, 5.41) is 3.43. The molecule has 2 unspecified atom stereocenters. The van der Waals surface area contributed by atoms with E-state index < -0.39 is 0 Å². The van der Waals surface area contributed by atoms with E-state index in [1.807, 2.05) is 31.2 Å². The van der Waals surface area contributed by atoms with Crippen LogP contribution < -0.4 is 14.8 Å². The first-order valence-electron chi connectivity index (χ1n) is 11.8. The number of likely N-dealkylation sites (tertiary alicyclic amines) is 1. The normalized spacial score (nSPS) is 20.9. The molecule has 3 rings (SSSR count). The van der Waals surface area contributed by atoms with Crippen LogP contribution in [0.1, 0.15) is 46.0 Å². The fourth-order valence-electron chi connectivity index (χ4n) is 4.03. The Bertz CT molecular complexity index is 677. The monoisotopic (exact) mass is 561 g/mol. The van der Waals surface area contributed by atoms with Gasteiger partial charge in [0.05, 0.1) is 32.5 Å². The number of ether oxygens (including phenoxy) is 4. The lowest BCUT2D eigenvalue weighted by Gasteiger charge is -2.35. The van der Waals surface area contributed by atoms with Crippen molar-refractivity contribution in [1.29, 1.82) is 0 Å². The fraction of sp³-hybridized carbons (Fsp3) is 0.708. The number of hydrogen-bond acceptors (Lipinski definition) is 5. The molecule has 1 aromatic carbocycles. The maximum Gasteiger partial charge on any atom is 0.194 e. The van der Waals surface area contributed by atoms with E-state index in [4.69, 9.17) is 23.9 Å². The minimum atomic E-state index is -0.0543. The van der Waals surface area contributed by atoms with E-state index in [1.165, 1.54) is 12.8 Å². The molecule has 182 valence electrons. The summed E-state index contributed by atoms with van der Waals surface area (Å²) >= 11 is 0. The van der Waals surface area contributed by atoms with E-state index >= 15 is 0 Å². The van der Waals surface area contributed by atoms with Gasteiger partial charge in [-0.2, -0.15) is 0 Å². The molecule has 0 amide bonds. The number of aliphatic imine (C=N–C) groups is 1. The van der Waals surface area contributed by atoms with E-state index in [0.29, 0.717) is 12.6 Å². The third-order valence-corrected chi connectivity index (χ3v) is 5.76. The van der Waals surface area contributed by atoms with Gasteiger partial charge < -0.3 is 29.2 Å². The molecule has 2 fully saturated rings. The van der Waals surface area contributed by atoms with E-state index in [9.17, 15) is 0 Å². The highest BCUT2D eigenvalue weighted by molar-refractivity contribution is 14.0. The van der Waals surface area contributed by atoms with Gasteiger partial charge in [0.2, 0.25) is 0 Å². The van der Waals surface area contributed by atoms with Crippen LogP contribution in [0.25, 0.3) is 0 Å². The molecule has 2 saturated heterocycles. The molecule has 0 saturated carbocycles. The molecular formula is C24H40IN3O4. The summed E-state index contributed by atoms with van der Waals surface area (Å²) in [7, 11) is 1.66. The van der Waals surface area contributed by atoms with Gasteiger partial charge in [-0.15, -0.1) is 24.0 Å². The smallest absolute Gasteiger partial charge is 0.194 e. The summed E-state index contributed by atoms with van der Waals surface area (Å²) in [5.41, 5.74) is 0. The highest BCUT2D eigenvalue weighted by Crippen LogP contribution is 2.26. The van der Waals surface area contributed by atoms with Gasteiger partial charge in [0.25, 0.3) is 0 Å². The van der Waals surface area contributed by atoms with Crippen LogP contribution in [0.5, 0.6) is 11.5 Å². The lowest BCUT2D eigenvalue weighted by atomic mass is 10.1. The number of nitrogens with zero attached hydrogens (tertiary/aromatic N) is 2. The molecule has 0 bridgehead atoms. The third-order valence-electron chi connectivity index (χ3n) is 5.76. The van der Waals surface area contributed by atoms with Crippen molar-refractivity contribution in [3.8, 4) is 11.5 Å². The molecule has 2 aliphatic rings. The Hall–Kier alpha value is -1.26. The van der Waals surface area contributed by atoms with Gasteiger partial charge in [-0.1, -0.05) is 12.1 Å². The van der Waals surface area contributed by atoms with Crippen molar-refractivity contribution in [3.63, 3.8) is 0 Å². The first-order chi connectivity index (χ1) is 15.2. The van der Waals surface area contributed by atoms with Crippen molar-refractivity contribution in [2.24, 2.45) is 4.99 Å². The highest BCUT2D eigenvalue weighted by Gasteiger charge is 2.24. The van der Waals surface area contributed by atoms with Gasteiger partial charge >= 0.3 is 0 Å². The Kier molecular flexibility index (Phi) is 12.5. The lowest BCUT2D eigenvalue weighted by molar-refractivity contribution is -0.0721. The topological polar surface area (TPSA) is 64.6 Å². The number of halogens is 1. The number of methoxy groups -OCH3 is 1. The zero-order valence-electron chi connectivity index (χ0n) is 19.8. The predicted molar refractivity (Wildman–Crippen MR) is 139 cm³/mol. The van der Waals surface area contributed by atoms with Gasteiger partial charge in [0, 0.05) is 26.2 Å². The Morgan fingerprint density at radius 3 is 2.59 bits per heavy atom. The molecule has 32 heavy (non-hydrogen) atoms. The second-order valence-electron chi connectivity index (χ2n) is 8.28. The number of rotatable bonds is 9. The number of piperidine rings is 1. The van der Waals surface area contributed by atoms with Gasteiger partial charge in [-0.25, -0.2) is 4.99 Å². The van der Waals surface area contributed by atoms with E-state index in [2.05, 4.69) is 17.1 Å². The molecule has 2 aliphatic heterocycles. The molecule has 8 heteroatoms. The van der Waals surface area contributed by atoms with E-state index in [1.54, 1.807) is 7.11 Å². The molecule has 0 spiro atoms. The number of guanidine groups is 1. The van der Waals surface area contributed by atoms with Crippen LogP contribution in [0, 0.1) is 0 Å². The summed E-state index contributed by atoms with van der Waals surface area (Å²) < 4.78 is 23.4. The van der Waals surface area contributed by atoms with Gasteiger partial charge in [0.1, 0.15) is 6.10 Å². The standard InChI is InChI=1S/C24H39N3O4.HI/c1-4-25-24(26-17-19(2)31-23-11-6-5-10-22(23)28-3)27-14-12-20(13-15-27)30-18-21-9-7-8-16-29-21;/h5-6,10-11,19-21H,4,7-9,12-18H2,1-3H3,(H,25,26);1H. The minimum absolute atomic E-state index is 0. The molecule has 1 aromatic rings. The van der Waals surface area contributed by atoms with Gasteiger partial charge in [-0.05, 0) is 58.1 Å². The van der Waals surface area contributed by atoms with Crippen LogP contribution in [0.2, 0.25) is 0 Å². The van der Waals surface area contributed by atoms with Crippen LogP contribution in [-0.4, -0.2) is 75.7 Å². The van der Waals surface area contributed by atoms with Crippen molar-refractivity contribution in [2.75, 3.05) is 46.5 Å². The zero-order chi connectivity index (χ0) is 21.9. The van der Waals surface area contributed by atoms with Gasteiger partial charge in [-0.3, -0.25) is 0 Å². The summed E-state index contributed by atoms with van der Waals surface area (Å²) in [6.45, 7) is 9.07. The molecule has 1 N–H and O–H groups in total. The summed E-state index contributed by atoms with van der Waals surface area (Å²) in [5.74, 6) is 2.44. The molecule has 2 heterocycles. The number of hydrogen-bond donors (Lipinski definition) is 1. The van der Waals surface area contributed by atoms with Crippen LogP contribution in [0.3, 0.4) is 0 Å². The summed E-state index contributed by atoms with van der Waals surface area (Å²) in [4.78, 5) is 7.17. The zero-order valence-corrected chi connectivity index (χ0v) is 22.1. The van der Waals surface area contributed by atoms with Crippen molar-refractivity contribution < 1.29 is 18.9 Å². The summed E-state index contributed by atoms with van der Waals surface area (Å²) in [6.07, 6.45) is 6.16. The molecule has 0 aliphatic carbocycles. The van der Waals surface area contributed by atoms with Crippen LogP contribution in [0.15, 0.2) is 29.3 Å². The number of para-hydroxylation sites is 2. The third kappa shape index (κ3) is 8.59. The molecule has 7 nitrogen and oxygen atoms in total. The average Bonchev–Trinajstić information content (AvgIpc) is 2.82. The predicted octanol–water partition coefficient (Wildman–Crippen LogP) is 4.10. The Morgan fingerprint density at radius 2 is 1.94 bits per heavy atom. The average molecular weight is 562 g/mol. The van der Waals surface area contributed by atoms with Crippen molar-refractivity contribution >= 4 is 29.9 Å². The quantitative estimate of drug-likeness (QED) is 0.279. The Morgan fingerprint density at radius 1 is 1.19 bits per heavy atom. The second-order valence-corrected chi connectivity index (χ2v) is 8.28.